The molecule has 1 heterocycles. The molecule has 4 nitrogen and oxygen atoms in total. The summed E-state index contributed by atoms with van der Waals surface area (Å²) in [6.45, 7) is 2.33. The second-order valence-electron chi connectivity index (χ2n) is 4.33. The van der Waals surface area contributed by atoms with Crippen molar-refractivity contribution >= 4 is 23.3 Å². The van der Waals surface area contributed by atoms with Crippen molar-refractivity contribution in [2.75, 3.05) is 12.4 Å². The van der Waals surface area contributed by atoms with Gasteiger partial charge >= 0.3 is 6.03 Å². The first-order valence-corrected chi connectivity index (χ1v) is 6.24. The number of carbonyl (C=O) groups excluding carboxylic acids is 1. The second kappa shape index (κ2) is 5.80. The largest absolute Gasteiger partial charge is 0.467 e. The molecule has 19 heavy (non-hydrogen) atoms. The lowest BCUT2D eigenvalue weighted by atomic mass is 10.2. The molecular weight excluding hydrogens is 264 g/mol. The zero-order valence-corrected chi connectivity index (χ0v) is 11.6. The van der Waals surface area contributed by atoms with E-state index in [2.05, 4.69) is 5.32 Å². The highest BCUT2D eigenvalue weighted by atomic mass is 35.5. The summed E-state index contributed by atoms with van der Waals surface area (Å²) in [5.74, 6) is 0.736. The molecule has 0 fully saturated rings. The number of rotatable bonds is 3. The molecule has 1 aromatic heterocycles. The lowest BCUT2D eigenvalue weighted by Crippen LogP contribution is -2.30. The van der Waals surface area contributed by atoms with Gasteiger partial charge in [0.2, 0.25) is 0 Å². The first-order valence-electron chi connectivity index (χ1n) is 5.87. The Bertz CT molecular complexity index is 567. The smallest absolute Gasteiger partial charge is 0.321 e. The highest BCUT2D eigenvalue weighted by Gasteiger charge is 2.11. The maximum Gasteiger partial charge on any atom is 0.321 e. The standard InChI is InChI=1S/C14H15ClN2O2/c1-10-5-6-11(8-13(10)15)16-14(18)17(2)9-12-4-3-7-19-12/h3-8H,9H2,1-2H3,(H,16,18). The van der Waals surface area contributed by atoms with Crippen molar-refractivity contribution in [3.8, 4) is 0 Å². The van der Waals surface area contributed by atoms with Crippen LogP contribution < -0.4 is 5.32 Å². The van der Waals surface area contributed by atoms with Gasteiger partial charge in [0.25, 0.3) is 0 Å². The van der Waals surface area contributed by atoms with E-state index in [1.807, 2.05) is 25.1 Å². The molecule has 0 unspecified atom stereocenters. The minimum absolute atomic E-state index is 0.212. The molecule has 0 bridgehead atoms. The fourth-order valence-corrected chi connectivity index (χ4v) is 1.78. The first-order chi connectivity index (χ1) is 9.06. The van der Waals surface area contributed by atoms with Gasteiger partial charge in [0, 0.05) is 17.8 Å². The summed E-state index contributed by atoms with van der Waals surface area (Å²) < 4.78 is 5.20. The van der Waals surface area contributed by atoms with Crippen LogP contribution in [-0.2, 0) is 6.54 Å². The fourth-order valence-electron chi connectivity index (χ4n) is 1.60. The minimum atomic E-state index is -0.212. The van der Waals surface area contributed by atoms with Gasteiger partial charge in [-0.3, -0.25) is 0 Å². The number of carbonyl (C=O) groups is 1. The third-order valence-electron chi connectivity index (χ3n) is 2.74. The van der Waals surface area contributed by atoms with Crippen LogP contribution in [0.4, 0.5) is 10.5 Å². The van der Waals surface area contributed by atoms with Crippen LogP contribution in [0.1, 0.15) is 11.3 Å². The molecule has 2 aromatic rings. The lowest BCUT2D eigenvalue weighted by Gasteiger charge is -2.17. The highest BCUT2D eigenvalue weighted by Crippen LogP contribution is 2.20. The van der Waals surface area contributed by atoms with Gasteiger partial charge in [0.1, 0.15) is 5.76 Å². The summed E-state index contributed by atoms with van der Waals surface area (Å²) in [4.78, 5) is 13.5. The van der Waals surface area contributed by atoms with Crippen LogP contribution in [0.15, 0.2) is 41.0 Å². The quantitative estimate of drug-likeness (QED) is 0.925. The predicted octanol–water partition coefficient (Wildman–Crippen LogP) is 3.91. The molecule has 0 saturated carbocycles. The molecule has 1 N–H and O–H groups in total. The van der Waals surface area contributed by atoms with Gasteiger partial charge in [-0.2, -0.15) is 0 Å². The first kappa shape index (κ1) is 13.5. The van der Waals surface area contributed by atoms with E-state index in [1.54, 1.807) is 25.4 Å². The number of benzene rings is 1. The van der Waals surface area contributed by atoms with Crippen molar-refractivity contribution < 1.29 is 9.21 Å². The van der Waals surface area contributed by atoms with E-state index >= 15 is 0 Å². The van der Waals surface area contributed by atoms with E-state index in [9.17, 15) is 4.79 Å². The molecule has 1 aromatic carbocycles. The molecule has 0 aliphatic heterocycles. The van der Waals surface area contributed by atoms with Gasteiger partial charge < -0.3 is 14.6 Å². The SMILES string of the molecule is Cc1ccc(NC(=O)N(C)Cc2ccco2)cc1Cl. The van der Waals surface area contributed by atoms with Gasteiger partial charge in [-0.25, -0.2) is 4.79 Å². The minimum Gasteiger partial charge on any atom is -0.467 e. The second-order valence-corrected chi connectivity index (χ2v) is 4.74. The van der Waals surface area contributed by atoms with Gasteiger partial charge in [0.05, 0.1) is 12.8 Å². The van der Waals surface area contributed by atoms with Crippen LogP contribution in [0, 0.1) is 6.92 Å². The molecule has 0 aliphatic rings. The maximum atomic E-state index is 12.0. The monoisotopic (exact) mass is 278 g/mol. The zero-order chi connectivity index (χ0) is 13.8. The van der Waals surface area contributed by atoms with E-state index in [1.165, 1.54) is 4.90 Å². The molecule has 0 saturated heterocycles. The molecule has 2 amide bonds. The summed E-state index contributed by atoms with van der Waals surface area (Å²) in [6.07, 6.45) is 1.58. The summed E-state index contributed by atoms with van der Waals surface area (Å²) in [5.41, 5.74) is 1.65. The van der Waals surface area contributed by atoms with Gasteiger partial charge in [-0.05, 0) is 36.8 Å². The fraction of sp³-hybridized carbons (Fsp3) is 0.214. The number of amides is 2. The topological polar surface area (TPSA) is 45.5 Å². The summed E-state index contributed by atoms with van der Waals surface area (Å²) in [5, 5.41) is 3.41. The number of furan rings is 1. The lowest BCUT2D eigenvalue weighted by molar-refractivity contribution is 0.217. The molecule has 0 radical (unpaired) electrons. The van der Waals surface area contributed by atoms with Crippen LogP contribution >= 0.6 is 11.6 Å². The van der Waals surface area contributed by atoms with E-state index < -0.39 is 0 Å². The number of nitrogens with zero attached hydrogens (tertiary/aromatic N) is 1. The Kier molecular flexibility index (Phi) is 4.12. The third kappa shape index (κ3) is 3.51. The van der Waals surface area contributed by atoms with Crippen LogP contribution in [0.25, 0.3) is 0 Å². The Morgan fingerprint density at radius 1 is 1.42 bits per heavy atom. The van der Waals surface area contributed by atoms with Crippen LogP contribution in [0.3, 0.4) is 0 Å². The van der Waals surface area contributed by atoms with Crippen molar-refractivity contribution in [1.29, 1.82) is 0 Å². The number of aryl methyl sites for hydroxylation is 1. The number of urea groups is 1. The van der Waals surface area contributed by atoms with Crippen LogP contribution in [0.2, 0.25) is 5.02 Å². The van der Waals surface area contributed by atoms with Gasteiger partial charge in [0.15, 0.2) is 0 Å². The van der Waals surface area contributed by atoms with Crippen LogP contribution in [-0.4, -0.2) is 18.0 Å². The molecule has 0 aliphatic carbocycles. The zero-order valence-electron chi connectivity index (χ0n) is 10.8. The average Bonchev–Trinajstić information content (AvgIpc) is 2.86. The van der Waals surface area contributed by atoms with E-state index in [-0.39, 0.29) is 6.03 Å². The van der Waals surface area contributed by atoms with Crippen molar-refractivity contribution in [3.63, 3.8) is 0 Å². The number of halogens is 1. The predicted molar refractivity (Wildman–Crippen MR) is 75.4 cm³/mol. The molecule has 2 rings (SSSR count). The molecule has 0 atom stereocenters. The van der Waals surface area contributed by atoms with Crippen molar-refractivity contribution in [3.05, 3.63) is 52.9 Å². The Hall–Kier alpha value is -1.94. The number of anilines is 1. The van der Waals surface area contributed by atoms with Crippen molar-refractivity contribution in [2.45, 2.75) is 13.5 Å². The third-order valence-corrected chi connectivity index (χ3v) is 3.15. The molecule has 0 spiro atoms. The Labute approximate surface area is 117 Å². The van der Waals surface area contributed by atoms with Gasteiger partial charge in [-0.1, -0.05) is 17.7 Å². The number of hydrogen-bond donors (Lipinski definition) is 1. The highest BCUT2D eigenvalue weighted by molar-refractivity contribution is 6.31. The Morgan fingerprint density at radius 3 is 2.84 bits per heavy atom. The Balaban J connectivity index is 1.98. The van der Waals surface area contributed by atoms with Crippen molar-refractivity contribution in [2.24, 2.45) is 0 Å². The number of hydrogen-bond acceptors (Lipinski definition) is 2. The van der Waals surface area contributed by atoms with Gasteiger partial charge in [-0.15, -0.1) is 0 Å². The van der Waals surface area contributed by atoms with E-state index in [4.69, 9.17) is 16.0 Å². The van der Waals surface area contributed by atoms with E-state index in [0.29, 0.717) is 17.3 Å². The maximum absolute atomic E-state index is 12.0. The Morgan fingerprint density at radius 2 is 2.21 bits per heavy atom. The van der Waals surface area contributed by atoms with Crippen molar-refractivity contribution in [1.82, 2.24) is 4.90 Å². The summed E-state index contributed by atoms with van der Waals surface area (Å²) >= 11 is 6.01. The van der Waals surface area contributed by atoms with E-state index in [0.717, 1.165) is 11.3 Å². The summed E-state index contributed by atoms with van der Waals surface area (Å²) in [6, 6.07) is 8.82. The summed E-state index contributed by atoms with van der Waals surface area (Å²) in [7, 11) is 1.70. The normalized spacial score (nSPS) is 10.3. The molecular formula is C14H15ClN2O2. The molecule has 100 valence electrons. The van der Waals surface area contributed by atoms with Crippen LogP contribution in [0.5, 0.6) is 0 Å². The average molecular weight is 279 g/mol. The molecule has 5 heteroatoms. The number of nitrogens with one attached hydrogen (secondary N) is 1.